The third-order valence-corrected chi connectivity index (χ3v) is 5.15. The van der Waals surface area contributed by atoms with Crippen LogP contribution in [0, 0.1) is 17.0 Å². The molecule has 1 aromatic heterocycles. The summed E-state index contributed by atoms with van der Waals surface area (Å²) in [6.07, 6.45) is 0. The van der Waals surface area contributed by atoms with Crippen molar-refractivity contribution < 1.29 is 9.72 Å². The van der Waals surface area contributed by atoms with E-state index in [2.05, 4.69) is 22.0 Å². The van der Waals surface area contributed by atoms with Crippen LogP contribution in [0.5, 0.6) is 0 Å². The highest BCUT2D eigenvalue weighted by atomic mass is 35.5. The summed E-state index contributed by atoms with van der Waals surface area (Å²) in [5.41, 5.74) is 0.957. The highest BCUT2D eigenvalue weighted by Gasteiger charge is 2.33. The van der Waals surface area contributed by atoms with Gasteiger partial charge in [-0.25, -0.2) is 0 Å². The summed E-state index contributed by atoms with van der Waals surface area (Å²) in [6, 6.07) is 7.85. The summed E-state index contributed by atoms with van der Waals surface area (Å²) in [5, 5.41) is 18.3. The van der Waals surface area contributed by atoms with Gasteiger partial charge in [-0.05, 0) is 25.5 Å². The molecule has 0 aliphatic carbocycles. The van der Waals surface area contributed by atoms with Gasteiger partial charge < -0.3 is 4.90 Å². The lowest BCUT2D eigenvalue weighted by atomic mass is 10.1. The quantitative estimate of drug-likeness (QED) is 0.653. The maximum absolute atomic E-state index is 12.6. The van der Waals surface area contributed by atoms with E-state index in [0.717, 1.165) is 10.6 Å². The molecule has 0 radical (unpaired) electrons. The molecule has 1 aromatic carbocycles. The first-order chi connectivity index (χ1) is 12.4. The van der Waals surface area contributed by atoms with Crippen LogP contribution in [0.25, 0.3) is 0 Å². The average Bonchev–Trinajstić information content (AvgIpc) is 3.03. The van der Waals surface area contributed by atoms with Gasteiger partial charge in [-0.2, -0.15) is 5.10 Å². The predicted octanol–water partition coefficient (Wildman–Crippen LogP) is 2.80. The molecule has 2 heterocycles. The van der Waals surface area contributed by atoms with Gasteiger partial charge in [0.05, 0.1) is 4.92 Å². The number of nitrogens with zero attached hydrogens (tertiary/aromatic N) is 4. The molecule has 1 atom stereocenters. The van der Waals surface area contributed by atoms with E-state index in [-0.39, 0.29) is 23.1 Å². The third kappa shape index (κ3) is 3.42. The van der Waals surface area contributed by atoms with E-state index in [1.165, 1.54) is 6.92 Å². The molecule has 1 fully saturated rings. The monoisotopic (exact) mass is 377 g/mol. The number of nitrogens with one attached hydrogen (secondary N) is 1. The lowest BCUT2D eigenvalue weighted by Crippen LogP contribution is -2.49. The summed E-state index contributed by atoms with van der Waals surface area (Å²) in [7, 11) is 0. The molecule has 1 aliphatic rings. The minimum atomic E-state index is -0.568. The number of rotatable bonds is 4. The Morgan fingerprint density at radius 3 is 2.58 bits per heavy atom. The van der Waals surface area contributed by atoms with Crippen LogP contribution >= 0.6 is 11.6 Å². The molecule has 3 rings (SSSR count). The molecule has 1 aliphatic heterocycles. The zero-order chi connectivity index (χ0) is 18.8. The summed E-state index contributed by atoms with van der Waals surface area (Å²) < 4.78 is 0. The van der Waals surface area contributed by atoms with Gasteiger partial charge in [0.25, 0.3) is 5.91 Å². The molecule has 26 heavy (non-hydrogen) atoms. The van der Waals surface area contributed by atoms with Crippen LogP contribution in [-0.4, -0.2) is 57.0 Å². The number of hydrogen-bond donors (Lipinski definition) is 1. The van der Waals surface area contributed by atoms with Crippen LogP contribution in [0.1, 0.15) is 34.7 Å². The Balaban J connectivity index is 1.68. The van der Waals surface area contributed by atoms with Crippen LogP contribution in [0.4, 0.5) is 5.69 Å². The van der Waals surface area contributed by atoms with E-state index < -0.39 is 10.8 Å². The highest BCUT2D eigenvalue weighted by Crippen LogP contribution is 2.28. The molecular formula is C17H20ClN5O3. The standard InChI is InChI=1S/C17H20ClN5O3/c1-11-16(23(25)26)15(20-19-11)17(24)22-9-7-21(8-10-22)12(2)13-5-3-4-6-14(13)18/h3-6,12H,7-10H2,1-2H3,(H,19,20). The van der Waals surface area contributed by atoms with Crippen LogP contribution in [0.3, 0.4) is 0 Å². The Kier molecular flexibility index (Phi) is 5.24. The maximum atomic E-state index is 12.6. The Labute approximate surface area is 155 Å². The van der Waals surface area contributed by atoms with Crippen molar-refractivity contribution in [1.82, 2.24) is 20.0 Å². The molecule has 0 saturated carbocycles. The number of benzene rings is 1. The molecule has 2 aromatic rings. The number of piperazine rings is 1. The smallest absolute Gasteiger partial charge is 0.322 e. The van der Waals surface area contributed by atoms with E-state index in [9.17, 15) is 14.9 Å². The normalized spacial score (nSPS) is 16.5. The van der Waals surface area contributed by atoms with E-state index in [1.54, 1.807) is 4.90 Å². The SMILES string of the molecule is Cc1[nH]nc(C(=O)N2CCN(C(C)c3ccccc3Cl)CC2)c1[N+](=O)[O-]. The second-order valence-electron chi connectivity index (χ2n) is 6.33. The minimum absolute atomic E-state index is 0.125. The number of H-pyrrole nitrogens is 1. The number of nitro groups is 1. The molecule has 1 N–H and O–H groups in total. The van der Waals surface area contributed by atoms with Crippen LogP contribution in [0.15, 0.2) is 24.3 Å². The van der Waals surface area contributed by atoms with Crippen molar-refractivity contribution in [3.63, 3.8) is 0 Å². The molecule has 0 spiro atoms. The number of carbonyl (C=O) groups is 1. The summed E-state index contributed by atoms with van der Waals surface area (Å²) >= 11 is 6.28. The highest BCUT2D eigenvalue weighted by molar-refractivity contribution is 6.31. The van der Waals surface area contributed by atoms with Crippen molar-refractivity contribution in [2.75, 3.05) is 26.2 Å². The van der Waals surface area contributed by atoms with Gasteiger partial charge in [0.15, 0.2) is 0 Å². The Hall–Kier alpha value is -2.45. The number of aryl methyl sites for hydroxylation is 1. The lowest BCUT2D eigenvalue weighted by molar-refractivity contribution is -0.385. The zero-order valence-corrected chi connectivity index (χ0v) is 15.4. The van der Waals surface area contributed by atoms with Crippen molar-refractivity contribution in [3.05, 3.63) is 56.4 Å². The predicted molar refractivity (Wildman–Crippen MR) is 97.3 cm³/mol. The molecule has 1 saturated heterocycles. The second kappa shape index (κ2) is 7.43. The van der Waals surface area contributed by atoms with Crippen LogP contribution in [0.2, 0.25) is 5.02 Å². The van der Waals surface area contributed by atoms with Crippen molar-refractivity contribution in [1.29, 1.82) is 0 Å². The zero-order valence-electron chi connectivity index (χ0n) is 14.6. The first-order valence-corrected chi connectivity index (χ1v) is 8.75. The summed E-state index contributed by atoms with van der Waals surface area (Å²) in [6.45, 7) is 5.91. The number of hydrogen-bond acceptors (Lipinski definition) is 5. The van der Waals surface area contributed by atoms with Gasteiger partial charge in [-0.15, -0.1) is 0 Å². The topological polar surface area (TPSA) is 95.4 Å². The van der Waals surface area contributed by atoms with E-state index in [1.807, 2.05) is 24.3 Å². The first-order valence-electron chi connectivity index (χ1n) is 8.37. The van der Waals surface area contributed by atoms with Gasteiger partial charge in [0.1, 0.15) is 5.69 Å². The Morgan fingerprint density at radius 1 is 1.31 bits per heavy atom. The lowest BCUT2D eigenvalue weighted by Gasteiger charge is -2.38. The number of amides is 1. The molecular weight excluding hydrogens is 358 g/mol. The van der Waals surface area contributed by atoms with E-state index in [4.69, 9.17) is 11.6 Å². The molecule has 138 valence electrons. The summed E-state index contributed by atoms with van der Waals surface area (Å²) in [4.78, 5) is 27.1. The van der Waals surface area contributed by atoms with E-state index >= 15 is 0 Å². The molecule has 0 bridgehead atoms. The van der Waals surface area contributed by atoms with Gasteiger partial charge in [0.2, 0.25) is 5.69 Å². The van der Waals surface area contributed by atoms with Crippen molar-refractivity contribution in [2.45, 2.75) is 19.9 Å². The fourth-order valence-corrected chi connectivity index (χ4v) is 3.56. The number of halogens is 1. The van der Waals surface area contributed by atoms with Crippen LogP contribution in [-0.2, 0) is 0 Å². The Morgan fingerprint density at radius 2 is 1.96 bits per heavy atom. The van der Waals surface area contributed by atoms with Crippen LogP contribution < -0.4 is 0 Å². The van der Waals surface area contributed by atoms with E-state index in [0.29, 0.717) is 26.2 Å². The Bertz CT molecular complexity index is 830. The maximum Gasteiger partial charge on any atom is 0.322 e. The minimum Gasteiger partial charge on any atom is -0.334 e. The van der Waals surface area contributed by atoms with Gasteiger partial charge in [0, 0.05) is 37.2 Å². The average molecular weight is 378 g/mol. The van der Waals surface area contributed by atoms with Crippen molar-refractivity contribution in [2.24, 2.45) is 0 Å². The molecule has 9 heteroatoms. The van der Waals surface area contributed by atoms with Gasteiger partial charge >= 0.3 is 5.69 Å². The number of aromatic nitrogens is 2. The third-order valence-electron chi connectivity index (χ3n) is 4.80. The first kappa shape index (κ1) is 18.3. The fourth-order valence-electron chi connectivity index (χ4n) is 3.27. The molecule has 8 nitrogen and oxygen atoms in total. The molecule has 1 amide bonds. The van der Waals surface area contributed by atoms with Gasteiger partial charge in [-0.1, -0.05) is 29.8 Å². The number of aromatic amines is 1. The second-order valence-corrected chi connectivity index (χ2v) is 6.74. The largest absolute Gasteiger partial charge is 0.334 e. The number of carbonyl (C=O) groups excluding carboxylic acids is 1. The fraction of sp³-hybridized carbons (Fsp3) is 0.412. The summed E-state index contributed by atoms with van der Waals surface area (Å²) in [5.74, 6) is -0.411. The molecule has 1 unspecified atom stereocenters. The van der Waals surface area contributed by atoms with Gasteiger partial charge in [-0.3, -0.25) is 24.9 Å². The van der Waals surface area contributed by atoms with Crippen molar-refractivity contribution >= 4 is 23.2 Å². The van der Waals surface area contributed by atoms with Crippen molar-refractivity contribution in [3.8, 4) is 0 Å².